The second-order valence-corrected chi connectivity index (χ2v) is 4.52. The van der Waals surface area contributed by atoms with Crippen molar-refractivity contribution in [2.75, 3.05) is 5.43 Å². The zero-order chi connectivity index (χ0) is 12.3. The average Bonchev–Trinajstić information content (AvgIpc) is 2.35. The van der Waals surface area contributed by atoms with Crippen LogP contribution in [0.1, 0.15) is 5.56 Å². The first kappa shape index (κ1) is 12.1. The Labute approximate surface area is 113 Å². The van der Waals surface area contributed by atoms with Crippen LogP contribution in [0.25, 0.3) is 0 Å². The average molecular weight is 342 g/mol. The number of aryl methyl sites for hydroxylation is 1. The van der Waals surface area contributed by atoms with Gasteiger partial charge in [-0.05, 0) is 41.6 Å². The van der Waals surface area contributed by atoms with Gasteiger partial charge in [0, 0.05) is 11.8 Å². The molecule has 1 aromatic heterocycles. The van der Waals surface area contributed by atoms with Crippen molar-refractivity contribution in [2.24, 2.45) is 5.84 Å². The number of nitrogens with two attached hydrogens (primary N) is 1. The highest BCUT2D eigenvalue weighted by Crippen LogP contribution is 2.27. The minimum absolute atomic E-state index is 0.330. The zero-order valence-corrected chi connectivity index (χ0v) is 11.3. The number of nitrogens with zero attached hydrogens (tertiary/aromatic N) is 2. The van der Waals surface area contributed by atoms with Gasteiger partial charge in [0.15, 0.2) is 0 Å². The van der Waals surface area contributed by atoms with Crippen LogP contribution in [0.2, 0.25) is 0 Å². The fraction of sp³-hybridized carbons (Fsp3) is 0.0909. The van der Waals surface area contributed by atoms with Crippen molar-refractivity contribution < 1.29 is 4.74 Å². The van der Waals surface area contributed by atoms with Gasteiger partial charge in [0.1, 0.15) is 5.75 Å². The molecule has 0 aliphatic carbocycles. The predicted octanol–water partition coefficient (Wildman–Crippen LogP) is 2.47. The van der Waals surface area contributed by atoms with E-state index in [-0.39, 0.29) is 0 Å². The minimum atomic E-state index is 0.330. The summed E-state index contributed by atoms with van der Waals surface area (Å²) in [6.07, 6.45) is 1.66. The second kappa shape index (κ2) is 5.28. The number of anilines is 1. The molecule has 0 aliphatic rings. The lowest BCUT2D eigenvalue weighted by atomic mass is 10.3. The number of nitrogens with one attached hydrogen (secondary N) is 1. The van der Waals surface area contributed by atoms with Crippen molar-refractivity contribution in [2.45, 2.75) is 6.92 Å². The highest BCUT2D eigenvalue weighted by molar-refractivity contribution is 14.1. The highest BCUT2D eigenvalue weighted by atomic mass is 127. The summed E-state index contributed by atoms with van der Waals surface area (Å²) in [6, 6.07) is 7.72. The van der Waals surface area contributed by atoms with Crippen molar-refractivity contribution >= 4 is 28.5 Å². The molecule has 0 unspecified atom stereocenters. The molecule has 88 valence electrons. The molecule has 6 heteroatoms. The molecule has 0 aliphatic heterocycles. The summed E-state index contributed by atoms with van der Waals surface area (Å²) in [6.45, 7) is 1.88. The Bertz CT molecular complexity index is 533. The van der Waals surface area contributed by atoms with Crippen LogP contribution in [0.4, 0.5) is 5.95 Å². The van der Waals surface area contributed by atoms with E-state index in [9.17, 15) is 0 Å². The molecule has 2 aromatic rings. The van der Waals surface area contributed by atoms with Gasteiger partial charge in [-0.1, -0.05) is 12.1 Å². The fourth-order valence-electron chi connectivity index (χ4n) is 1.23. The first-order valence-electron chi connectivity index (χ1n) is 4.93. The number of nitrogen functional groups attached to an aromatic ring is 1. The van der Waals surface area contributed by atoms with Gasteiger partial charge in [0.2, 0.25) is 11.8 Å². The van der Waals surface area contributed by atoms with Crippen molar-refractivity contribution in [1.82, 2.24) is 9.97 Å². The van der Waals surface area contributed by atoms with Crippen molar-refractivity contribution in [3.05, 3.63) is 39.6 Å². The van der Waals surface area contributed by atoms with Crippen molar-refractivity contribution in [3.8, 4) is 11.6 Å². The van der Waals surface area contributed by atoms with E-state index in [2.05, 4.69) is 38.0 Å². The Morgan fingerprint density at radius 3 is 2.82 bits per heavy atom. The van der Waals surface area contributed by atoms with Crippen LogP contribution < -0.4 is 16.0 Å². The van der Waals surface area contributed by atoms with E-state index in [1.165, 1.54) is 0 Å². The molecule has 3 N–H and O–H groups in total. The summed E-state index contributed by atoms with van der Waals surface area (Å²) in [4.78, 5) is 8.15. The number of halogens is 1. The Morgan fingerprint density at radius 1 is 1.35 bits per heavy atom. The van der Waals surface area contributed by atoms with Crippen LogP contribution in [-0.2, 0) is 0 Å². The number of ether oxygens (including phenoxy) is 1. The van der Waals surface area contributed by atoms with E-state index in [1.54, 1.807) is 6.20 Å². The lowest BCUT2D eigenvalue weighted by Gasteiger charge is -2.09. The monoisotopic (exact) mass is 342 g/mol. The Hall–Kier alpha value is -1.41. The van der Waals surface area contributed by atoms with Gasteiger partial charge < -0.3 is 4.74 Å². The molecule has 0 saturated heterocycles. The van der Waals surface area contributed by atoms with Crippen LogP contribution in [0.3, 0.4) is 0 Å². The molecule has 0 spiro atoms. The van der Waals surface area contributed by atoms with Gasteiger partial charge in [-0.2, -0.15) is 4.98 Å². The summed E-state index contributed by atoms with van der Waals surface area (Å²) in [7, 11) is 0. The molecule has 0 bridgehead atoms. The summed E-state index contributed by atoms with van der Waals surface area (Å²) in [5, 5.41) is 0. The van der Waals surface area contributed by atoms with E-state index >= 15 is 0 Å². The van der Waals surface area contributed by atoms with Crippen LogP contribution in [0, 0.1) is 10.5 Å². The maximum atomic E-state index is 5.73. The Kier molecular flexibility index (Phi) is 3.75. The van der Waals surface area contributed by atoms with E-state index in [0.29, 0.717) is 11.8 Å². The molecule has 2 rings (SSSR count). The largest absolute Gasteiger partial charge is 0.437 e. The van der Waals surface area contributed by atoms with Crippen LogP contribution >= 0.6 is 22.6 Å². The second-order valence-electron chi connectivity index (χ2n) is 3.36. The van der Waals surface area contributed by atoms with Gasteiger partial charge in [0.25, 0.3) is 0 Å². The molecular weight excluding hydrogens is 331 g/mol. The number of aromatic nitrogens is 2. The van der Waals surface area contributed by atoms with Crippen molar-refractivity contribution in [1.29, 1.82) is 0 Å². The molecule has 17 heavy (non-hydrogen) atoms. The third kappa shape index (κ3) is 2.83. The van der Waals surface area contributed by atoms with E-state index in [1.807, 2.05) is 31.2 Å². The number of benzene rings is 1. The molecule has 0 radical (unpaired) electrons. The van der Waals surface area contributed by atoms with Crippen LogP contribution in [0.5, 0.6) is 11.6 Å². The van der Waals surface area contributed by atoms with Crippen LogP contribution in [-0.4, -0.2) is 9.97 Å². The van der Waals surface area contributed by atoms with Gasteiger partial charge >= 0.3 is 0 Å². The molecule has 0 saturated carbocycles. The minimum Gasteiger partial charge on any atom is -0.437 e. The maximum Gasteiger partial charge on any atom is 0.240 e. The predicted molar refractivity (Wildman–Crippen MR) is 73.8 cm³/mol. The smallest absolute Gasteiger partial charge is 0.240 e. The number of hydrogen-bond acceptors (Lipinski definition) is 5. The lowest BCUT2D eigenvalue weighted by molar-refractivity contribution is 0.455. The third-order valence-corrected chi connectivity index (χ3v) is 2.99. The summed E-state index contributed by atoms with van der Waals surface area (Å²) in [5.74, 6) is 6.85. The number of para-hydroxylation sites is 1. The molecular formula is C11H11IN4O. The van der Waals surface area contributed by atoms with E-state index < -0.39 is 0 Å². The number of rotatable bonds is 3. The summed E-state index contributed by atoms with van der Waals surface area (Å²) in [5.41, 5.74) is 3.24. The molecule has 0 atom stereocenters. The number of hydrogen-bond donors (Lipinski definition) is 2. The van der Waals surface area contributed by atoms with E-state index in [4.69, 9.17) is 10.6 Å². The molecule has 5 nitrogen and oxygen atoms in total. The van der Waals surface area contributed by atoms with Gasteiger partial charge in [0.05, 0.1) is 3.57 Å². The number of hydrazine groups is 1. The normalized spacial score (nSPS) is 10.1. The third-order valence-electron chi connectivity index (χ3n) is 2.10. The topological polar surface area (TPSA) is 73.1 Å². The van der Waals surface area contributed by atoms with E-state index in [0.717, 1.165) is 14.9 Å². The standard InChI is InChI=1S/C11H11IN4O/c1-7-6-14-11(16-13)15-10(7)17-9-5-3-2-4-8(9)12/h2-6H,13H2,1H3,(H,14,15,16). The molecule has 1 heterocycles. The Morgan fingerprint density at radius 2 is 2.12 bits per heavy atom. The van der Waals surface area contributed by atoms with Gasteiger partial charge in [-0.25, -0.2) is 10.8 Å². The van der Waals surface area contributed by atoms with Crippen molar-refractivity contribution in [3.63, 3.8) is 0 Å². The Balaban J connectivity index is 2.32. The molecule has 0 fully saturated rings. The maximum absolute atomic E-state index is 5.73. The first-order valence-corrected chi connectivity index (χ1v) is 6.01. The van der Waals surface area contributed by atoms with Gasteiger partial charge in [-0.15, -0.1) is 0 Å². The molecule has 0 amide bonds. The highest BCUT2D eigenvalue weighted by Gasteiger charge is 2.07. The quantitative estimate of drug-likeness (QED) is 0.509. The molecule has 1 aromatic carbocycles. The van der Waals surface area contributed by atoms with Gasteiger partial charge in [-0.3, -0.25) is 5.43 Å². The summed E-state index contributed by atoms with van der Waals surface area (Å²) >= 11 is 2.21. The fourth-order valence-corrected chi connectivity index (χ4v) is 1.73. The summed E-state index contributed by atoms with van der Waals surface area (Å²) < 4.78 is 6.75. The first-order chi connectivity index (χ1) is 8.20. The SMILES string of the molecule is Cc1cnc(NN)nc1Oc1ccccc1I. The van der Waals surface area contributed by atoms with Crippen LogP contribution in [0.15, 0.2) is 30.5 Å². The lowest BCUT2D eigenvalue weighted by Crippen LogP contribution is -2.11. The zero-order valence-electron chi connectivity index (χ0n) is 9.14.